The molecular weight excluding hydrogens is 383 g/mol. The normalized spacial score (nSPS) is 14.9. The van der Waals surface area contributed by atoms with Gasteiger partial charge in [0.05, 0.1) is 16.8 Å². The Kier molecular flexibility index (Phi) is 4.96. The maximum Gasteiger partial charge on any atom is 0.419 e. The van der Waals surface area contributed by atoms with E-state index in [2.05, 4.69) is 15.3 Å². The van der Waals surface area contributed by atoms with E-state index in [1.54, 1.807) is 28.1 Å². The van der Waals surface area contributed by atoms with Crippen molar-refractivity contribution in [3.8, 4) is 0 Å². The number of anilines is 2. The Hall–Kier alpha value is -3.36. The first-order chi connectivity index (χ1) is 13.9. The highest BCUT2D eigenvalue weighted by Crippen LogP contribution is 2.35. The molecule has 0 atom stereocenters. The number of hydrogen-bond donors (Lipinski definition) is 1. The lowest BCUT2D eigenvalue weighted by atomic mass is 10.2. The lowest BCUT2D eigenvalue weighted by Crippen LogP contribution is -2.50. The molecule has 3 aromatic rings. The fourth-order valence-corrected chi connectivity index (χ4v) is 3.40. The summed E-state index contributed by atoms with van der Waals surface area (Å²) in [6.07, 6.45) is -1.45. The third-order valence-electron chi connectivity index (χ3n) is 4.85. The molecule has 0 unspecified atom stereocenters. The van der Waals surface area contributed by atoms with E-state index in [-0.39, 0.29) is 24.9 Å². The van der Waals surface area contributed by atoms with Crippen molar-refractivity contribution in [2.24, 2.45) is 0 Å². The van der Waals surface area contributed by atoms with Gasteiger partial charge in [0, 0.05) is 44.0 Å². The van der Waals surface area contributed by atoms with E-state index in [1.807, 2.05) is 18.2 Å². The zero-order valence-electron chi connectivity index (χ0n) is 15.4. The molecule has 2 aromatic heterocycles. The molecule has 1 aliphatic heterocycles. The molecule has 1 saturated heterocycles. The van der Waals surface area contributed by atoms with Gasteiger partial charge in [-0.05, 0) is 36.4 Å². The highest BCUT2D eigenvalue weighted by atomic mass is 19.4. The SMILES string of the molecule is O=C(Nc1cccc2ncccc12)N1CCN(c2ncccc2C(F)(F)F)CC1. The summed E-state index contributed by atoms with van der Waals surface area (Å²) >= 11 is 0. The fourth-order valence-electron chi connectivity index (χ4n) is 3.40. The predicted molar refractivity (Wildman–Crippen MR) is 104 cm³/mol. The molecule has 6 nitrogen and oxygen atoms in total. The maximum atomic E-state index is 13.2. The van der Waals surface area contributed by atoms with Gasteiger partial charge in [0.15, 0.2) is 0 Å². The molecule has 0 spiro atoms. The van der Waals surface area contributed by atoms with Crippen LogP contribution in [0.4, 0.5) is 29.5 Å². The number of carbonyl (C=O) groups excluding carboxylic acids is 1. The predicted octanol–water partition coefficient (Wildman–Crippen LogP) is 4.00. The van der Waals surface area contributed by atoms with Crippen LogP contribution in [0.3, 0.4) is 0 Å². The number of urea groups is 1. The Balaban J connectivity index is 1.44. The summed E-state index contributed by atoms with van der Waals surface area (Å²) in [5, 5.41) is 3.70. The number of aromatic nitrogens is 2. The van der Waals surface area contributed by atoms with Gasteiger partial charge in [-0.1, -0.05) is 6.07 Å². The van der Waals surface area contributed by atoms with Crippen LogP contribution < -0.4 is 10.2 Å². The van der Waals surface area contributed by atoms with Gasteiger partial charge in [-0.15, -0.1) is 0 Å². The second kappa shape index (κ2) is 7.57. The number of amides is 2. The lowest BCUT2D eigenvalue weighted by molar-refractivity contribution is -0.137. The van der Waals surface area contributed by atoms with Crippen LogP contribution in [0.15, 0.2) is 54.9 Å². The molecule has 150 valence electrons. The van der Waals surface area contributed by atoms with Gasteiger partial charge < -0.3 is 15.1 Å². The van der Waals surface area contributed by atoms with Gasteiger partial charge in [-0.25, -0.2) is 9.78 Å². The van der Waals surface area contributed by atoms with Crippen molar-refractivity contribution in [2.45, 2.75) is 6.18 Å². The van der Waals surface area contributed by atoms with E-state index < -0.39 is 11.7 Å². The topological polar surface area (TPSA) is 61.4 Å². The highest BCUT2D eigenvalue weighted by Gasteiger charge is 2.36. The van der Waals surface area contributed by atoms with E-state index in [4.69, 9.17) is 0 Å². The van der Waals surface area contributed by atoms with Crippen molar-refractivity contribution in [1.82, 2.24) is 14.9 Å². The zero-order valence-corrected chi connectivity index (χ0v) is 15.4. The maximum absolute atomic E-state index is 13.2. The van der Waals surface area contributed by atoms with Crippen molar-refractivity contribution >= 4 is 28.4 Å². The molecule has 0 aliphatic carbocycles. The fraction of sp³-hybridized carbons (Fsp3) is 0.250. The van der Waals surface area contributed by atoms with Gasteiger partial charge in [0.2, 0.25) is 0 Å². The molecule has 1 fully saturated rings. The van der Waals surface area contributed by atoms with Crippen molar-refractivity contribution in [3.63, 3.8) is 0 Å². The van der Waals surface area contributed by atoms with E-state index in [9.17, 15) is 18.0 Å². The Morgan fingerprint density at radius 3 is 2.41 bits per heavy atom. The summed E-state index contributed by atoms with van der Waals surface area (Å²) in [6, 6.07) is 11.1. The van der Waals surface area contributed by atoms with Crippen LogP contribution in [0.2, 0.25) is 0 Å². The lowest BCUT2D eigenvalue weighted by Gasteiger charge is -2.36. The van der Waals surface area contributed by atoms with Crippen molar-refractivity contribution in [1.29, 1.82) is 0 Å². The molecule has 1 aromatic carbocycles. The number of rotatable bonds is 2. The summed E-state index contributed by atoms with van der Waals surface area (Å²) in [7, 11) is 0. The zero-order chi connectivity index (χ0) is 20.4. The Morgan fingerprint density at radius 1 is 0.931 bits per heavy atom. The van der Waals surface area contributed by atoms with Crippen LogP contribution in [0, 0.1) is 0 Å². The van der Waals surface area contributed by atoms with Crippen LogP contribution >= 0.6 is 0 Å². The quantitative estimate of drug-likeness (QED) is 0.705. The molecule has 1 N–H and O–H groups in total. The summed E-state index contributed by atoms with van der Waals surface area (Å²) in [4.78, 5) is 24.0. The Labute approximate surface area is 165 Å². The smallest absolute Gasteiger partial charge is 0.353 e. The average molecular weight is 401 g/mol. The average Bonchev–Trinajstić information content (AvgIpc) is 2.73. The van der Waals surface area contributed by atoms with Gasteiger partial charge in [-0.3, -0.25) is 4.98 Å². The third kappa shape index (κ3) is 3.94. The van der Waals surface area contributed by atoms with Crippen molar-refractivity contribution in [2.75, 3.05) is 36.4 Å². The first-order valence-corrected chi connectivity index (χ1v) is 9.10. The minimum absolute atomic E-state index is 0.0971. The number of alkyl halides is 3. The molecule has 29 heavy (non-hydrogen) atoms. The number of carbonyl (C=O) groups is 1. The van der Waals surface area contributed by atoms with E-state index in [1.165, 1.54) is 12.3 Å². The van der Waals surface area contributed by atoms with Gasteiger partial charge in [0.25, 0.3) is 0 Å². The minimum atomic E-state index is -4.47. The van der Waals surface area contributed by atoms with Crippen LogP contribution in [-0.2, 0) is 6.18 Å². The summed E-state index contributed by atoms with van der Waals surface area (Å²) < 4.78 is 39.7. The van der Waals surface area contributed by atoms with Crippen LogP contribution in [0.1, 0.15) is 5.56 Å². The van der Waals surface area contributed by atoms with Crippen LogP contribution in [0.25, 0.3) is 10.9 Å². The highest BCUT2D eigenvalue weighted by molar-refractivity contribution is 6.00. The molecule has 2 amide bonds. The molecular formula is C20H18F3N5O. The largest absolute Gasteiger partial charge is 0.419 e. The monoisotopic (exact) mass is 401 g/mol. The number of hydrogen-bond acceptors (Lipinski definition) is 4. The van der Waals surface area contributed by atoms with Gasteiger partial charge in [-0.2, -0.15) is 13.2 Å². The number of fused-ring (bicyclic) bond motifs is 1. The molecule has 0 bridgehead atoms. The van der Waals surface area contributed by atoms with E-state index >= 15 is 0 Å². The second-order valence-electron chi connectivity index (χ2n) is 6.65. The molecule has 1 aliphatic rings. The first-order valence-electron chi connectivity index (χ1n) is 9.10. The minimum Gasteiger partial charge on any atom is -0.353 e. The third-order valence-corrected chi connectivity index (χ3v) is 4.85. The van der Waals surface area contributed by atoms with Crippen molar-refractivity contribution < 1.29 is 18.0 Å². The summed E-state index contributed by atoms with van der Waals surface area (Å²) in [6.45, 7) is 1.13. The van der Waals surface area contributed by atoms with Gasteiger partial charge >= 0.3 is 12.2 Å². The summed E-state index contributed by atoms with van der Waals surface area (Å²) in [5.41, 5.74) is 0.651. The van der Waals surface area contributed by atoms with Crippen molar-refractivity contribution in [3.05, 3.63) is 60.4 Å². The van der Waals surface area contributed by atoms with Crippen LogP contribution in [-0.4, -0.2) is 47.1 Å². The van der Waals surface area contributed by atoms with E-state index in [0.29, 0.717) is 18.8 Å². The number of benzene rings is 1. The summed E-state index contributed by atoms with van der Waals surface area (Å²) in [5.74, 6) is -0.0971. The van der Waals surface area contributed by atoms with Gasteiger partial charge in [0.1, 0.15) is 5.82 Å². The number of nitrogens with zero attached hydrogens (tertiary/aromatic N) is 4. The first kappa shape index (κ1) is 19.0. The molecule has 9 heteroatoms. The number of pyridine rings is 2. The van der Waals surface area contributed by atoms with Crippen LogP contribution in [0.5, 0.6) is 0 Å². The standard InChI is InChI=1S/C20H18F3N5O/c21-20(22,23)15-5-3-9-25-18(15)27-10-12-28(13-11-27)19(29)26-17-7-1-6-16-14(17)4-2-8-24-16/h1-9H,10-13H2,(H,26,29). The number of piperazine rings is 1. The molecule has 3 heterocycles. The Morgan fingerprint density at radius 2 is 1.66 bits per heavy atom. The molecule has 4 rings (SSSR count). The Bertz CT molecular complexity index is 1030. The number of halogens is 3. The molecule has 0 saturated carbocycles. The second-order valence-corrected chi connectivity index (χ2v) is 6.65. The number of nitrogens with one attached hydrogen (secondary N) is 1. The van der Waals surface area contributed by atoms with E-state index in [0.717, 1.165) is 17.0 Å². The molecule has 0 radical (unpaired) electrons.